The van der Waals surface area contributed by atoms with Gasteiger partial charge in [-0.25, -0.2) is 13.8 Å². The second kappa shape index (κ2) is 8.45. The minimum Gasteiger partial charge on any atom is -0.485 e. The Morgan fingerprint density at radius 3 is 2.64 bits per heavy atom. The van der Waals surface area contributed by atoms with Crippen molar-refractivity contribution in [3.05, 3.63) is 64.6 Å². The van der Waals surface area contributed by atoms with E-state index in [1.165, 1.54) is 6.07 Å². The third-order valence-corrected chi connectivity index (χ3v) is 4.16. The first-order valence-electron chi connectivity index (χ1n) is 8.69. The quantitative estimate of drug-likeness (QED) is 0.473. The number of carbonyl (C=O) groups excluding carboxylic acids is 1. The predicted octanol–water partition coefficient (Wildman–Crippen LogP) is 3.00. The van der Waals surface area contributed by atoms with Crippen LogP contribution in [0.5, 0.6) is 5.75 Å². The third-order valence-electron chi connectivity index (χ3n) is 4.16. The fraction of sp³-hybridized carbons (Fsp3) is 0.300. The van der Waals surface area contributed by atoms with E-state index in [1.54, 1.807) is 23.6 Å². The molecular weight excluding hydrogens is 370 g/mol. The maximum absolute atomic E-state index is 13.9. The van der Waals surface area contributed by atoms with E-state index >= 15 is 0 Å². The number of aromatic nitrogens is 2. The molecule has 0 fully saturated rings. The highest BCUT2D eigenvalue weighted by Gasteiger charge is 2.20. The standard InChI is InChI=1S/C20H20F2N2O4/c1-12-8-18(28-10-14-15(21)4-3-5-16(14)22)20-23-13(2)19(24(20)9-12)17(26)11-27-7-6-25/h3-5,8-9,25H,6-7,10-11H2,1-2H3. The molecule has 0 saturated heterocycles. The number of hydrogen-bond acceptors (Lipinski definition) is 5. The van der Waals surface area contributed by atoms with Crippen LogP contribution in [0.3, 0.4) is 0 Å². The first-order valence-corrected chi connectivity index (χ1v) is 8.69. The highest BCUT2D eigenvalue weighted by atomic mass is 19.1. The van der Waals surface area contributed by atoms with Crippen molar-refractivity contribution in [3.63, 3.8) is 0 Å². The van der Waals surface area contributed by atoms with Gasteiger partial charge < -0.3 is 14.6 Å². The molecule has 1 aromatic carbocycles. The first kappa shape index (κ1) is 19.9. The number of Topliss-reactive ketones (excluding diaryl/α,β-unsaturated/α-hetero) is 1. The minimum atomic E-state index is -0.694. The number of carbonyl (C=O) groups is 1. The van der Waals surface area contributed by atoms with Crippen LogP contribution in [0.2, 0.25) is 0 Å². The van der Waals surface area contributed by atoms with Gasteiger partial charge in [-0.1, -0.05) is 6.07 Å². The average Bonchev–Trinajstić information content (AvgIpc) is 2.97. The zero-order valence-corrected chi connectivity index (χ0v) is 15.5. The average molecular weight is 390 g/mol. The SMILES string of the molecule is Cc1cc(OCc2c(F)cccc2F)c2nc(C)c(C(=O)COCCO)n2c1. The number of fused-ring (bicyclic) bond motifs is 1. The maximum Gasteiger partial charge on any atom is 0.207 e. The van der Waals surface area contributed by atoms with Crippen LogP contribution in [-0.2, 0) is 11.3 Å². The van der Waals surface area contributed by atoms with Gasteiger partial charge in [0.25, 0.3) is 0 Å². The second-order valence-corrected chi connectivity index (χ2v) is 6.31. The van der Waals surface area contributed by atoms with Gasteiger partial charge in [-0.05, 0) is 37.6 Å². The summed E-state index contributed by atoms with van der Waals surface area (Å²) in [5.41, 5.74) is 1.77. The summed E-state index contributed by atoms with van der Waals surface area (Å²) in [6.45, 7) is 2.86. The molecule has 1 N–H and O–H groups in total. The summed E-state index contributed by atoms with van der Waals surface area (Å²) in [7, 11) is 0. The Labute approximate surface area is 160 Å². The van der Waals surface area contributed by atoms with Gasteiger partial charge in [0.15, 0.2) is 11.4 Å². The summed E-state index contributed by atoms with van der Waals surface area (Å²) in [4.78, 5) is 16.9. The van der Waals surface area contributed by atoms with Crippen molar-refractivity contribution in [2.75, 3.05) is 19.8 Å². The molecule has 28 heavy (non-hydrogen) atoms. The molecule has 6 nitrogen and oxygen atoms in total. The maximum atomic E-state index is 13.9. The molecule has 0 unspecified atom stereocenters. The molecule has 0 saturated carbocycles. The van der Waals surface area contributed by atoms with Crippen molar-refractivity contribution in [2.24, 2.45) is 0 Å². The molecule has 3 aromatic rings. The fourth-order valence-corrected chi connectivity index (χ4v) is 2.92. The lowest BCUT2D eigenvalue weighted by molar-refractivity contribution is 0.0658. The van der Waals surface area contributed by atoms with E-state index in [1.807, 2.05) is 6.92 Å². The molecule has 148 valence electrons. The summed E-state index contributed by atoms with van der Waals surface area (Å²) in [5, 5.41) is 8.78. The first-order chi connectivity index (χ1) is 13.4. The molecule has 0 aliphatic rings. The van der Waals surface area contributed by atoms with Crippen LogP contribution in [0.4, 0.5) is 8.78 Å². The molecule has 0 aliphatic heterocycles. The van der Waals surface area contributed by atoms with Crippen molar-refractivity contribution >= 4 is 11.4 Å². The van der Waals surface area contributed by atoms with E-state index in [0.717, 1.165) is 17.7 Å². The number of rotatable bonds is 8. The summed E-state index contributed by atoms with van der Waals surface area (Å²) < 4.78 is 40.1. The molecule has 8 heteroatoms. The van der Waals surface area contributed by atoms with Crippen LogP contribution in [0, 0.1) is 25.5 Å². The molecule has 0 aliphatic carbocycles. The molecule has 0 radical (unpaired) electrons. The fourth-order valence-electron chi connectivity index (χ4n) is 2.92. The lowest BCUT2D eigenvalue weighted by Crippen LogP contribution is -2.14. The number of nitrogens with zero attached hydrogens (tertiary/aromatic N) is 2. The van der Waals surface area contributed by atoms with Gasteiger partial charge >= 0.3 is 0 Å². The lowest BCUT2D eigenvalue weighted by Gasteiger charge is -2.11. The van der Waals surface area contributed by atoms with Crippen LogP contribution >= 0.6 is 0 Å². The zero-order chi connectivity index (χ0) is 20.3. The molecule has 0 bridgehead atoms. The van der Waals surface area contributed by atoms with E-state index in [2.05, 4.69) is 4.98 Å². The van der Waals surface area contributed by atoms with Gasteiger partial charge in [-0.2, -0.15) is 0 Å². The number of aryl methyl sites for hydroxylation is 2. The number of halogens is 2. The van der Waals surface area contributed by atoms with Crippen LogP contribution < -0.4 is 4.74 Å². The van der Waals surface area contributed by atoms with Crippen molar-refractivity contribution in [2.45, 2.75) is 20.5 Å². The number of ketones is 1. The van der Waals surface area contributed by atoms with Crippen molar-refractivity contribution in [3.8, 4) is 5.75 Å². The topological polar surface area (TPSA) is 73.1 Å². The Hall–Kier alpha value is -2.84. The van der Waals surface area contributed by atoms with Crippen molar-refractivity contribution < 1.29 is 28.2 Å². The number of benzene rings is 1. The molecular formula is C20H20F2N2O4. The number of ether oxygens (including phenoxy) is 2. The number of aliphatic hydroxyl groups excluding tert-OH is 1. The highest BCUT2D eigenvalue weighted by Crippen LogP contribution is 2.26. The van der Waals surface area contributed by atoms with Gasteiger partial charge in [0.1, 0.15) is 30.5 Å². The molecule has 2 heterocycles. The number of hydrogen-bond donors (Lipinski definition) is 1. The van der Waals surface area contributed by atoms with E-state index in [0.29, 0.717) is 22.8 Å². The van der Waals surface area contributed by atoms with Crippen LogP contribution in [-0.4, -0.2) is 40.1 Å². The zero-order valence-electron chi connectivity index (χ0n) is 15.5. The van der Waals surface area contributed by atoms with Crippen molar-refractivity contribution in [1.82, 2.24) is 9.38 Å². The predicted molar refractivity (Wildman–Crippen MR) is 97.6 cm³/mol. The van der Waals surface area contributed by atoms with E-state index in [-0.39, 0.29) is 37.8 Å². The van der Waals surface area contributed by atoms with Gasteiger partial charge in [0.05, 0.1) is 24.5 Å². The van der Waals surface area contributed by atoms with Crippen molar-refractivity contribution in [1.29, 1.82) is 0 Å². The van der Waals surface area contributed by atoms with Crippen LogP contribution in [0.1, 0.15) is 27.3 Å². The summed E-state index contributed by atoms with van der Waals surface area (Å²) in [6, 6.07) is 5.30. The monoisotopic (exact) mass is 390 g/mol. The normalized spacial score (nSPS) is 11.2. The Bertz CT molecular complexity index is 997. The Balaban J connectivity index is 1.94. The van der Waals surface area contributed by atoms with Crippen LogP contribution in [0.25, 0.3) is 5.65 Å². The molecule has 0 amide bonds. The van der Waals surface area contributed by atoms with E-state index < -0.39 is 11.6 Å². The Morgan fingerprint density at radius 2 is 1.96 bits per heavy atom. The van der Waals surface area contributed by atoms with E-state index in [4.69, 9.17) is 14.6 Å². The van der Waals surface area contributed by atoms with Gasteiger partial charge in [-0.15, -0.1) is 0 Å². The molecule has 3 rings (SSSR count). The number of imidazole rings is 1. The number of aliphatic hydroxyl groups is 1. The van der Waals surface area contributed by atoms with Crippen LogP contribution in [0.15, 0.2) is 30.5 Å². The van der Waals surface area contributed by atoms with Gasteiger partial charge in [-0.3, -0.25) is 9.20 Å². The lowest BCUT2D eigenvalue weighted by atomic mass is 10.2. The smallest absolute Gasteiger partial charge is 0.207 e. The Morgan fingerprint density at radius 1 is 1.25 bits per heavy atom. The largest absolute Gasteiger partial charge is 0.485 e. The summed E-state index contributed by atoms with van der Waals surface area (Å²) >= 11 is 0. The highest BCUT2D eigenvalue weighted by molar-refractivity contribution is 5.97. The molecule has 0 spiro atoms. The Kier molecular flexibility index (Phi) is 6.01. The summed E-state index contributed by atoms with van der Waals surface area (Å²) in [5.74, 6) is -1.38. The summed E-state index contributed by atoms with van der Waals surface area (Å²) in [6.07, 6.45) is 1.73. The van der Waals surface area contributed by atoms with Gasteiger partial charge in [0, 0.05) is 6.20 Å². The molecule has 0 atom stereocenters. The molecule has 2 aromatic heterocycles. The second-order valence-electron chi connectivity index (χ2n) is 6.31. The number of pyridine rings is 1. The third kappa shape index (κ3) is 4.02. The van der Waals surface area contributed by atoms with Gasteiger partial charge in [0.2, 0.25) is 5.78 Å². The minimum absolute atomic E-state index is 0.0586. The van der Waals surface area contributed by atoms with E-state index in [9.17, 15) is 13.6 Å².